The molecular formula is C14H20N2O4. The molecule has 6 heteroatoms. The highest BCUT2D eigenvalue weighted by molar-refractivity contribution is 6.01. The highest BCUT2D eigenvalue weighted by Gasteiger charge is 2.26. The minimum Gasteiger partial charge on any atom is -0.497 e. The average Bonchev–Trinajstić information content (AvgIpc) is 2.43. The Morgan fingerprint density at radius 1 is 1.25 bits per heavy atom. The van der Waals surface area contributed by atoms with Crippen LogP contribution in [-0.4, -0.2) is 32.1 Å². The van der Waals surface area contributed by atoms with E-state index in [2.05, 4.69) is 10.1 Å². The van der Waals surface area contributed by atoms with Crippen molar-refractivity contribution in [2.24, 2.45) is 5.92 Å². The lowest BCUT2D eigenvalue weighted by atomic mass is 10.0. The van der Waals surface area contributed by atoms with E-state index in [0.717, 1.165) is 0 Å². The van der Waals surface area contributed by atoms with Crippen molar-refractivity contribution in [3.8, 4) is 5.75 Å². The fourth-order valence-electron chi connectivity index (χ4n) is 1.70. The zero-order chi connectivity index (χ0) is 15.3. The van der Waals surface area contributed by atoms with E-state index in [9.17, 15) is 9.59 Å². The summed E-state index contributed by atoms with van der Waals surface area (Å²) in [6.07, 6.45) is 0. The van der Waals surface area contributed by atoms with Crippen LogP contribution in [0.3, 0.4) is 0 Å². The Balaban J connectivity index is 2.97. The van der Waals surface area contributed by atoms with Crippen LogP contribution < -0.4 is 15.8 Å². The maximum absolute atomic E-state index is 12.2. The number of nitrogens with two attached hydrogens (primary N) is 1. The monoisotopic (exact) mass is 280 g/mol. The summed E-state index contributed by atoms with van der Waals surface area (Å²) < 4.78 is 9.73. The van der Waals surface area contributed by atoms with Crippen LogP contribution in [0.4, 0.5) is 5.69 Å². The topological polar surface area (TPSA) is 90.6 Å². The van der Waals surface area contributed by atoms with Crippen molar-refractivity contribution in [3.63, 3.8) is 0 Å². The van der Waals surface area contributed by atoms with E-state index in [1.165, 1.54) is 20.3 Å². The van der Waals surface area contributed by atoms with E-state index in [1.54, 1.807) is 12.1 Å². The van der Waals surface area contributed by atoms with Gasteiger partial charge in [0.25, 0.3) is 5.91 Å². The number of hydrogen-bond acceptors (Lipinski definition) is 5. The van der Waals surface area contributed by atoms with Crippen molar-refractivity contribution in [1.29, 1.82) is 0 Å². The molecule has 0 aromatic heterocycles. The van der Waals surface area contributed by atoms with Gasteiger partial charge < -0.3 is 20.5 Å². The van der Waals surface area contributed by atoms with Crippen LogP contribution in [0, 0.1) is 5.92 Å². The molecule has 3 N–H and O–H groups in total. The molecule has 0 unspecified atom stereocenters. The number of benzene rings is 1. The molecule has 0 saturated carbocycles. The maximum atomic E-state index is 12.2. The van der Waals surface area contributed by atoms with Crippen LogP contribution in [-0.2, 0) is 9.53 Å². The Bertz CT molecular complexity index is 500. The van der Waals surface area contributed by atoms with Gasteiger partial charge in [-0.15, -0.1) is 0 Å². The number of esters is 1. The van der Waals surface area contributed by atoms with Gasteiger partial charge in [0.1, 0.15) is 11.8 Å². The predicted molar refractivity (Wildman–Crippen MR) is 75.5 cm³/mol. The van der Waals surface area contributed by atoms with Gasteiger partial charge >= 0.3 is 5.97 Å². The largest absolute Gasteiger partial charge is 0.497 e. The lowest BCUT2D eigenvalue weighted by Gasteiger charge is -2.20. The third-order valence-corrected chi connectivity index (χ3v) is 2.91. The van der Waals surface area contributed by atoms with Crippen molar-refractivity contribution in [2.75, 3.05) is 20.0 Å². The molecule has 0 fully saturated rings. The minimum absolute atomic E-state index is 0.0989. The summed E-state index contributed by atoms with van der Waals surface area (Å²) in [6, 6.07) is 4.04. The third-order valence-electron chi connectivity index (χ3n) is 2.91. The molecule has 1 aromatic rings. The second-order valence-electron chi connectivity index (χ2n) is 4.67. The molecule has 0 aliphatic rings. The Morgan fingerprint density at radius 3 is 2.40 bits per heavy atom. The molecule has 1 aromatic carbocycles. The molecule has 0 spiro atoms. The molecule has 20 heavy (non-hydrogen) atoms. The molecule has 0 bridgehead atoms. The van der Waals surface area contributed by atoms with Crippen molar-refractivity contribution >= 4 is 17.6 Å². The van der Waals surface area contributed by atoms with Gasteiger partial charge in [0, 0.05) is 5.69 Å². The SMILES string of the molecule is COC(=O)[C@@H](NC(=O)c1cc(OC)ccc1N)C(C)C. The number of nitrogens with one attached hydrogen (secondary N) is 1. The summed E-state index contributed by atoms with van der Waals surface area (Å²) >= 11 is 0. The van der Waals surface area contributed by atoms with E-state index in [-0.39, 0.29) is 11.5 Å². The summed E-state index contributed by atoms with van der Waals surface area (Å²) in [5.74, 6) is -0.512. The normalized spacial score (nSPS) is 11.8. The number of methoxy groups -OCH3 is 2. The van der Waals surface area contributed by atoms with Gasteiger partial charge in [0.2, 0.25) is 0 Å². The summed E-state index contributed by atoms with van der Waals surface area (Å²) in [7, 11) is 2.78. The molecule has 110 valence electrons. The van der Waals surface area contributed by atoms with Crippen molar-refractivity contribution < 1.29 is 19.1 Å². The Hall–Kier alpha value is -2.24. The van der Waals surface area contributed by atoms with Crippen LogP contribution >= 0.6 is 0 Å². The number of anilines is 1. The smallest absolute Gasteiger partial charge is 0.328 e. The summed E-state index contributed by atoms with van der Waals surface area (Å²) in [6.45, 7) is 3.63. The number of hydrogen-bond donors (Lipinski definition) is 2. The number of rotatable bonds is 5. The minimum atomic E-state index is -0.724. The first-order valence-corrected chi connectivity index (χ1v) is 6.23. The first-order valence-electron chi connectivity index (χ1n) is 6.23. The van der Waals surface area contributed by atoms with Gasteiger partial charge in [0.05, 0.1) is 19.8 Å². The zero-order valence-electron chi connectivity index (χ0n) is 12.1. The summed E-state index contributed by atoms with van der Waals surface area (Å²) in [4.78, 5) is 23.8. The zero-order valence-corrected chi connectivity index (χ0v) is 12.1. The third kappa shape index (κ3) is 3.63. The van der Waals surface area contributed by atoms with Gasteiger partial charge in [-0.05, 0) is 24.1 Å². The lowest BCUT2D eigenvalue weighted by Crippen LogP contribution is -2.45. The average molecular weight is 280 g/mol. The molecule has 0 aliphatic carbocycles. The van der Waals surface area contributed by atoms with Gasteiger partial charge in [-0.2, -0.15) is 0 Å². The van der Waals surface area contributed by atoms with Gasteiger partial charge in [-0.25, -0.2) is 4.79 Å². The Morgan fingerprint density at radius 2 is 1.90 bits per heavy atom. The molecule has 1 rings (SSSR count). The fourth-order valence-corrected chi connectivity index (χ4v) is 1.70. The van der Waals surface area contributed by atoms with Gasteiger partial charge in [0.15, 0.2) is 0 Å². The van der Waals surface area contributed by atoms with E-state index in [0.29, 0.717) is 11.4 Å². The highest BCUT2D eigenvalue weighted by atomic mass is 16.5. The van der Waals surface area contributed by atoms with Crippen LogP contribution in [0.15, 0.2) is 18.2 Å². The van der Waals surface area contributed by atoms with Crippen molar-refractivity contribution in [3.05, 3.63) is 23.8 Å². The molecule has 1 amide bonds. The molecule has 1 atom stereocenters. The van der Waals surface area contributed by atoms with Crippen LogP contribution in [0.25, 0.3) is 0 Å². The summed E-state index contributed by atoms with van der Waals surface area (Å²) in [5, 5.41) is 2.63. The quantitative estimate of drug-likeness (QED) is 0.625. The maximum Gasteiger partial charge on any atom is 0.328 e. The van der Waals surface area contributed by atoms with E-state index < -0.39 is 17.9 Å². The highest BCUT2D eigenvalue weighted by Crippen LogP contribution is 2.19. The molecule has 6 nitrogen and oxygen atoms in total. The van der Waals surface area contributed by atoms with Crippen LogP contribution in [0.1, 0.15) is 24.2 Å². The predicted octanol–water partition coefficient (Wildman–Crippen LogP) is 1.20. The Kier molecular flexibility index (Phi) is 5.37. The van der Waals surface area contributed by atoms with Gasteiger partial charge in [-0.1, -0.05) is 13.8 Å². The second-order valence-corrected chi connectivity index (χ2v) is 4.67. The van der Waals surface area contributed by atoms with E-state index >= 15 is 0 Å². The molecule has 0 aliphatic heterocycles. The molecular weight excluding hydrogens is 260 g/mol. The van der Waals surface area contributed by atoms with Gasteiger partial charge in [-0.3, -0.25) is 4.79 Å². The molecule has 0 radical (unpaired) electrons. The number of amides is 1. The van der Waals surface area contributed by atoms with E-state index in [1.807, 2.05) is 13.8 Å². The first kappa shape index (κ1) is 15.8. The van der Waals surface area contributed by atoms with Crippen LogP contribution in [0.5, 0.6) is 5.75 Å². The standard InChI is InChI=1S/C14H20N2O4/c1-8(2)12(14(18)20-4)16-13(17)10-7-9(19-3)5-6-11(10)15/h5-8,12H,15H2,1-4H3,(H,16,17)/t12-/m0/s1. The summed E-state index contributed by atoms with van der Waals surface area (Å²) in [5.41, 5.74) is 6.35. The lowest BCUT2D eigenvalue weighted by molar-refractivity contribution is -0.144. The molecule has 0 heterocycles. The number of ether oxygens (including phenoxy) is 2. The second kappa shape index (κ2) is 6.79. The number of nitrogen functional groups attached to an aromatic ring is 1. The Labute approximate surface area is 118 Å². The number of carbonyl (C=O) groups excluding carboxylic acids is 2. The van der Waals surface area contributed by atoms with Crippen molar-refractivity contribution in [2.45, 2.75) is 19.9 Å². The number of carbonyl (C=O) groups is 2. The van der Waals surface area contributed by atoms with Crippen LogP contribution in [0.2, 0.25) is 0 Å². The molecule has 0 saturated heterocycles. The van der Waals surface area contributed by atoms with Crippen molar-refractivity contribution in [1.82, 2.24) is 5.32 Å². The fraction of sp³-hybridized carbons (Fsp3) is 0.429. The van der Waals surface area contributed by atoms with E-state index in [4.69, 9.17) is 10.5 Å². The first-order chi connectivity index (χ1) is 9.40.